The Morgan fingerprint density at radius 2 is 1.46 bits per heavy atom. The van der Waals surface area contributed by atoms with Crippen molar-refractivity contribution in [3.8, 4) is 5.69 Å². The van der Waals surface area contributed by atoms with Gasteiger partial charge < -0.3 is 0 Å². The van der Waals surface area contributed by atoms with Crippen LogP contribution in [0.15, 0.2) is 94.8 Å². The number of aromatic nitrogens is 2. The molecule has 1 amide bonds. The lowest BCUT2D eigenvalue weighted by atomic mass is 10.1. The number of nitrogens with zero attached hydrogens (tertiary/aromatic N) is 3. The third-order valence-electron chi connectivity index (χ3n) is 4.20. The Hall–Kier alpha value is -4.06. The van der Waals surface area contributed by atoms with Gasteiger partial charge in [-0.1, -0.05) is 66.7 Å². The van der Waals surface area contributed by atoms with Crippen molar-refractivity contribution in [2.45, 2.75) is 0 Å². The van der Waals surface area contributed by atoms with E-state index in [0.717, 1.165) is 5.56 Å². The Kier molecular flexibility index (Phi) is 4.76. The molecule has 136 valence electrons. The van der Waals surface area contributed by atoms with Gasteiger partial charge in [0.25, 0.3) is 11.5 Å². The lowest BCUT2D eigenvalue weighted by molar-refractivity contribution is 0.0950. The number of hydrogen-bond donors (Lipinski definition) is 1. The van der Waals surface area contributed by atoms with Crippen LogP contribution in [0.25, 0.3) is 16.5 Å². The second-order valence-electron chi connectivity index (χ2n) is 6.06. The predicted octanol–water partition coefficient (Wildman–Crippen LogP) is 3.15. The Morgan fingerprint density at radius 1 is 0.857 bits per heavy atom. The summed E-state index contributed by atoms with van der Waals surface area (Å²) < 4.78 is 1.23. The van der Waals surface area contributed by atoms with Crippen LogP contribution in [0.5, 0.6) is 0 Å². The molecule has 4 rings (SSSR count). The van der Waals surface area contributed by atoms with E-state index in [-0.39, 0.29) is 11.3 Å². The molecule has 1 heterocycles. The van der Waals surface area contributed by atoms with Crippen LogP contribution in [0.3, 0.4) is 0 Å². The number of carbonyl (C=O) groups is 1. The molecule has 3 aromatic carbocycles. The Bertz CT molecular complexity index is 1220. The van der Waals surface area contributed by atoms with Gasteiger partial charge >= 0.3 is 0 Å². The highest BCUT2D eigenvalue weighted by Crippen LogP contribution is 2.15. The molecule has 0 saturated heterocycles. The van der Waals surface area contributed by atoms with Crippen molar-refractivity contribution in [1.82, 2.24) is 15.2 Å². The highest BCUT2D eigenvalue weighted by molar-refractivity contribution is 6.05. The first-order valence-corrected chi connectivity index (χ1v) is 8.70. The number of fused-ring (bicyclic) bond motifs is 1. The summed E-state index contributed by atoms with van der Waals surface area (Å²) in [6.07, 6.45) is 1.55. The van der Waals surface area contributed by atoms with Crippen LogP contribution < -0.4 is 11.0 Å². The minimum absolute atomic E-state index is 0.129. The van der Waals surface area contributed by atoms with Crippen LogP contribution >= 0.6 is 0 Å². The van der Waals surface area contributed by atoms with Crippen LogP contribution in [0, 0.1) is 0 Å². The van der Waals surface area contributed by atoms with E-state index in [0.29, 0.717) is 16.5 Å². The Morgan fingerprint density at radius 3 is 2.18 bits per heavy atom. The first-order chi connectivity index (χ1) is 13.7. The molecule has 28 heavy (non-hydrogen) atoms. The van der Waals surface area contributed by atoms with E-state index in [1.165, 1.54) is 4.68 Å². The summed E-state index contributed by atoms with van der Waals surface area (Å²) in [7, 11) is 0. The molecular weight excluding hydrogens is 352 g/mol. The second kappa shape index (κ2) is 7.67. The Balaban J connectivity index is 1.75. The molecule has 0 atom stereocenters. The van der Waals surface area contributed by atoms with Gasteiger partial charge in [-0.25, -0.2) is 5.43 Å². The van der Waals surface area contributed by atoms with Gasteiger partial charge in [-0.05, 0) is 23.8 Å². The molecule has 0 bridgehead atoms. The maximum absolute atomic E-state index is 12.8. The Labute approximate surface area is 160 Å². The van der Waals surface area contributed by atoms with E-state index >= 15 is 0 Å². The van der Waals surface area contributed by atoms with Crippen molar-refractivity contribution < 1.29 is 4.79 Å². The van der Waals surface area contributed by atoms with Gasteiger partial charge in [0.2, 0.25) is 0 Å². The van der Waals surface area contributed by atoms with Crippen molar-refractivity contribution in [2.75, 3.05) is 0 Å². The molecule has 0 aliphatic carbocycles. The summed E-state index contributed by atoms with van der Waals surface area (Å²) in [4.78, 5) is 25.6. The average molecular weight is 368 g/mol. The molecule has 1 aromatic heterocycles. The van der Waals surface area contributed by atoms with Crippen molar-refractivity contribution in [3.63, 3.8) is 0 Å². The van der Waals surface area contributed by atoms with Crippen LogP contribution in [0.1, 0.15) is 16.1 Å². The summed E-state index contributed by atoms with van der Waals surface area (Å²) >= 11 is 0. The van der Waals surface area contributed by atoms with Gasteiger partial charge in [-0.15, -0.1) is 0 Å². The number of benzene rings is 3. The molecule has 6 heteroatoms. The summed E-state index contributed by atoms with van der Waals surface area (Å²) in [5.41, 5.74) is 3.77. The fraction of sp³-hybridized carbons (Fsp3) is 0. The quantitative estimate of drug-likeness (QED) is 0.444. The molecule has 0 aliphatic heterocycles. The zero-order chi connectivity index (χ0) is 19.3. The number of rotatable bonds is 4. The van der Waals surface area contributed by atoms with E-state index < -0.39 is 5.91 Å². The van der Waals surface area contributed by atoms with E-state index in [4.69, 9.17) is 0 Å². The molecule has 1 N–H and O–H groups in total. The van der Waals surface area contributed by atoms with Crippen molar-refractivity contribution in [2.24, 2.45) is 5.10 Å². The van der Waals surface area contributed by atoms with Gasteiger partial charge in [0.05, 0.1) is 17.3 Å². The third-order valence-corrected chi connectivity index (χ3v) is 4.20. The van der Waals surface area contributed by atoms with Crippen LogP contribution in [0.4, 0.5) is 0 Å². The zero-order valence-electron chi connectivity index (χ0n) is 14.8. The SMILES string of the molecule is O=C(N/N=C\c1ccccc1)c1nn(-c2ccccc2)c(=O)c2ccccc12. The topological polar surface area (TPSA) is 76.3 Å². The molecule has 0 saturated carbocycles. The molecule has 0 fully saturated rings. The van der Waals surface area contributed by atoms with Gasteiger partial charge in [0.1, 0.15) is 0 Å². The summed E-state index contributed by atoms with van der Waals surface area (Å²) in [5.74, 6) is -0.493. The fourth-order valence-corrected chi connectivity index (χ4v) is 2.86. The lowest BCUT2D eigenvalue weighted by Gasteiger charge is -2.10. The molecule has 0 spiro atoms. The second-order valence-corrected chi connectivity index (χ2v) is 6.06. The average Bonchev–Trinajstić information content (AvgIpc) is 2.75. The van der Waals surface area contributed by atoms with Gasteiger partial charge in [0, 0.05) is 5.39 Å². The standard InChI is InChI=1S/C22H16N4O2/c27-21(24-23-15-16-9-3-1-4-10-16)20-18-13-7-8-14-19(18)22(28)26(25-20)17-11-5-2-6-12-17/h1-15H,(H,24,27)/b23-15-. The van der Waals surface area contributed by atoms with Crippen molar-refractivity contribution in [3.05, 3.63) is 107 Å². The number of amides is 1. The summed E-state index contributed by atoms with van der Waals surface area (Å²) in [6, 6.07) is 25.3. The highest BCUT2D eigenvalue weighted by Gasteiger charge is 2.17. The predicted molar refractivity (Wildman–Crippen MR) is 109 cm³/mol. The highest BCUT2D eigenvalue weighted by atomic mass is 16.2. The first-order valence-electron chi connectivity index (χ1n) is 8.70. The monoisotopic (exact) mass is 368 g/mol. The maximum Gasteiger partial charge on any atom is 0.292 e. The maximum atomic E-state index is 12.8. The van der Waals surface area contributed by atoms with Gasteiger partial charge in [-0.2, -0.15) is 14.9 Å². The van der Waals surface area contributed by atoms with Crippen molar-refractivity contribution >= 4 is 22.9 Å². The van der Waals surface area contributed by atoms with Gasteiger partial charge in [-0.3, -0.25) is 9.59 Å². The summed E-state index contributed by atoms with van der Waals surface area (Å²) in [6.45, 7) is 0. The molecule has 0 radical (unpaired) electrons. The zero-order valence-corrected chi connectivity index (χ0v) is 14.8. The number of hydrogen-bond acceptors (Lipinski definition) is 4. The normalized spacial score (nSPS) is 11.0. The van der Waals surface area contributed by atoms with E-state index in [9.17, 15) is 9.59 Å². The van der Waals surface area contributed by atoms with Gasteiger partial charge in [0.15, 0.2) is 5.69 Å². The largest absolute Gasteiger partial charge is 0.292 e. The molecule has 0 unspecified atom stereocenters. The van der Waals surface area contributed by atoms with E-state index in [2.05, 4.69) is 15.6 Å². The first kappa shape index (κ1) is 17.4. The number of nitrogens with one attached hydrogen (secondary N) is 1. The minimum Gasteiger partial charge on any atom is -0.267 e. The third kappa shape index (κ3) is 3.43. The molecular formula is C22H16N4O2. The molecule has 4 aromatic rings. The van der Waals surface area contributed by atoms with Crippen molar-refractivity contribution in [1.29, 1.82) is 0 Å². The minimum atomic E-state index is -0.493. The van der Waals surface area contributed by atoms with Crippen LogP contribution in [-0.2, 0) is 0 Å². The van der Waals surface area contributed by atoms with E-state index in [1.54, 1.807) is 42.6 Å². The van der Waals surface area contributed by atoms with E-state index in [1.807, 2.05) is 48.5 Å². The molecule has 0 aliphatic rings. The molecule has 6 nitrogen and oxygen atoms in total. The number of para-hydroxylation sites is 1. The smallest absolute Gasteiger partial charge is 0.267 e. The summed E-state index contributed by atoms with van der Waals surface area (Å²) in [5, 5.41) is 9.21. The van der Waals surface area contributed by atoms with Crippen LogP contribution in [-0.4, -0.2) is 21.9 Å². The number of hydrazone groups is 1. The lowest BCUT2D eigenvalue weighted by Crippen LogP contribution is -2.28. The fourth-order valence-electron chi connectivity index (χ4n) is 2.86. The number of carbonyl (C=O) groups excluding carboxylic acids is 1. The van der Waals surface area contributed by atoms with Crippen LogP contribution in [0.2, 0.25) is 0 Å².